The lowest BCUT2D eigenvalue weighted by Crippen LogP contribution is -2.19. The number of methoxy groups -OCH3 is 1. The van der Waals surface area contributed by atoms with E-state index < -0.39 is 11.9 Å². The summed E-state index contributed by atoms with van der Waals surface area (Å²) in [6.07, 6.45) is 1.26. The molecule has 0 aliphatic carbocycles. The van der Waals surface area contributed by atoms with E-state index in [1.54, 1.807) is 14.0 Å². The number of para-hydroxylation sites is 1. The largest absolute Gasteiger partial charge is 0.493 e. The van der Waals surface area contributed by atoms with Gasteiger partial charge in [-0.2, -0.15) is 0 Å². The van der Waals surface area contributed by atoms with E-state index in [2.05, 4.69) is 0 Å². The standard InChI is InChI=1S/C15H20O5/c1-10(15(16)17)8-11-4-3-5-13(18-2)14(11)20-12-6-7-19-9-12/h3-5,10,12H,6-9H2,1-2H3,(H,16,17). The molecule has 1 aliphatic rings. The molecule has 20 heavy (non-hydrogen) atoms. The Labute approximate surface area is 118 Å². The second-order valence-corrected chi connectivity index (χ2v) is 5.00. The molecule has 0 aromatic heterocycles. The van der Waals surface area contributed by atoms with Gasteiger partial charge >= 0.3 is 5.97 Å². The minimum atomic E-state index is -0.817. The first-order valence-corrected chi connectivity index (χ1v) is 6.75. The van der Waals surface area contributed by atoms with Crippen molar-refractivity contribution in [2.75, 3.05) is 20.3 Å². The van der Waals surface area contributed by atoms with E-state index >= 15 is 0 Å². The van der Waals surface area contributed by atoms with Crippen molar-refractivity contribution in [2.45, 2.75) is 25.9 Å². The number of hydrogen-bond donors (Lipinski definition) is 1. The van der Waals surface area contributed by atoms with E-state index in [-0.39, 0.29) is 6.10 Å². The number of benzene rings is 1. The van der Waals surface area contributed by atoms with Gasteiger partial charge in [0.25, 0.3) is 0 Å². The van der Waals surface area contributed by atoms with Gasteiger partial charge in [-0.25, -0.2) is 0 Å². The normalized spacial score (nSPS) is 19.6. The number of carbonyl (C=O) groups is 1. The summed E-state index contributed by atoms with van der Waals surface area (Å²) in [7, 11) is 1.58. The van der Waals surface area contributed by atoms with Crippen LogP contribution in [0.5, 0.6) is 11.5 Å². The van der Waals surface area contributed by atoms with Crippen molar-refractivity contribution < 1.29 is 24.1 Å². The molecule has 1 heterocycles. The lowest BCUT2D eigenvalue weighted by Gasteiger charge is -2.19. The third-order valence-corrected chi connectivity index (χ3v) is 3.40. The summed E-state index contributed by atoms with van der Waals surface area (Å²) in [5.41, 5.74) is 0.853. The first-order chi connectivity index (χ1) is 9.61. The minimum Gasteiger partial charge on any atom is -0.493 e. The Kier molecular flexibility index (Phi) is 4.84. The Morgan fingerprint density at radius 1 is 1.55 bits per heavy atom. The van der Waals surface area contributed by atoms with Crippen molar-refractivity contribution >= 4 is 5.97 Å². The molecule has 0 spiro atoms. The van der Waals surface area contributed by atoms with Gasteiger partial charge in [-0.05, 0) is 18.1 Å². The Morgan fingerprint density at radius 2 is 2.35 bits per heavy atom. The molecule has 5 heteroatoms. The van der Waals surface area contributed by atoms with Crippen molar-refractivity contribution in [3.05, 3.63) is 23.8 Å². The van der Waals surface area contributed by atoms with Crippen LogP contribution in [0.1, 0.15) is 18.9 Å². The SMILES string of the molecule is COc1cccc(CC(C)C(=O)O)c1OC1CCOC1. The van der Waals surface area contributed by atoms with E-state index in [9.17, 15) is 4.79 Å². The van der Waals surface area contributed by atoms with E-state index in [0.717, 1.165) is 12.0 Å². The first kappa shape index (κ1) is 14.7. The van der Waals surface area contributed by atoms with E-state index in [0.29, 0.717) is 31.1 Å². The third kappa shape index (κ3) is 3.42. The summed E-state index contributed by atoms with van der Waals surface area (Å²) in [6, 6.07) is 5.55. The lowest BCUT2D eigenvalue weighted by molar-refractivity contribution is -0.141. The van der Waals surface area contributed by atoms with Crippen LogP contribution in [0.2, 0.25) is 0 Å². The number of hydrogen-bond acceptors (Lipinski definition) is 4. The summed E-state index contributed by atoms with van der Waals surface area (Å²) >= 11 is 0. The molecule has 1 aliphatic heterocycles. The van der Waals surface area contributed by atoms with Crippen LogP contribution < -0.4 is 9.47 Å². The molecule has 5 nitrogen and oxygen atoms in total. The van der Waals surface area contributed by atoms with Crippen LogP contribution in [-0.2, 0) is 16.0 Å². The van der Waals surface area contributed by atoms with Crippen LogP contribution in [0.25, 0.3) is 0 Å². The summed E-state index contributed by atoms with van der Waals surface area (Å²) in [6.45, 7) is 2.94. The number of rotatable bonds is 6. The van der Waals surface area contributed by atoms with Crippen LogP contribution >= 0.6 is 0 Å². The van der Waals surface area contributed by atoms with Gasteiger partial charge in [-0.15, -0.1) is 0 Å². The van der Waals surface area contributed by atoms with Gasteiger partial charge in [0.05, 0.1) is 26.2 Å². The predicted octanol–water partition coefficient (Wildman–Crippen LogP) is 2.13. The average Bonchev–Trinajstić information content (AvgIpc) is 2.93. The maximum Gasteiger partial charge on any atom is 0.306 e. The van der Waals surface area contributed by atoms with Crippen LogP contribution in [0.4, 0.5) is 0 Å². The molecule has 0 bridgehead atoms. The molecule has 1 aromatic rings. The predicted molar refractivity (Wildman–Crippen MR) is 73.3 cm³/mol. The van der Waals surface area contributed by atoms with E-state index in [1.807, 2.05) is 18.2 Å². The lowest BCUT2D eigenvalue weighted by atomic mass is 10.00. The Balaban J connectivity index is 2.22. The third-order valence-electron chi connectivity index (χ3n) is 3.40. The molecule has 2 unspecified atom stereocenters. The fraction of sp³-hybridized carbons (Fsp3) is 0.533. The monoisotopic (exact) mass is 280 g/mol. The zero-order valence-corrected chi connectivity index (χ0v) is 11.8. The second-order valence-electron chi connectivity index (χ2n) is 5.00. The Bertz CT molecular complexity index is 465. The van der Waals surface area contributed by atoms with Crippen LogP contribution in [-0.4, -0.2) is 37.5 Å². The summed E-state index contributed by atoms with van der Waals surface area (Å²) in [5, 5.41) is 9.05. The molecule has 0 saturated carbocycles. The number of carboxylic acids is 1. The molecular weight excluding hydrogens is 260 g/mol. The van der Waals surface area contributed by atoms with Gasteiger partial charge in [0, 0.05) is 6.42 Å². The van der Waals surface area contributed by atoms with Crippen molar-refractivity contribution in [1.82, 2.24) is 0 Å². The Morgan fingerprint density at radius 3 is 2.95 bits per heavy atom. The first-order valence-electron chi connectivity index (χ1n) is 6.75. The summed E-state index contributed by atoms with van der Waals surface area (Å²) in [4.78, 5) is 11.0. The maximum atomic E-state index is 11.0. The molecule has 2 rings (SSSR count). The molecule has 1 N–H and O–H groups in total. The molecular formula is C15H20O5. The molecule has 2 atom stereocenters. The molecule has 0 amide bonds. The smallest absolute Gasteiger partial charge is 0.306 e. The van der Waals surface area contributed by atoms with E-state index in [1.165, 1.54) is 0 Å². The van der Waals surface area contributed by atoms with Gasteiger partial charge in [-0.3, -0.25) is 4.79 Å². The van der Waals surface area contributed by atoms with Crippen LogP contribution in [0.15, 0.2) is 18.2 Å². The molecule has 1 aromatic carbocycles. The molecule has 0 radical (unpaired) electrons. The number of ether oxygens (including phenoxy) is 3. The number of carboxylic acid groups (broad SMARTS) is 1. The van der Waals surface area contributed by atoms with Crippen molar-refractivity contribution in [3.8, 4) is 11.5 Å². The van der Waals surface area contributed by atoms with Gasteiger partial charge < -0.3 is 19.3 Å². The van der Waals surface area contributed by atoms with Crippen molar-refractivity contribution in [2.24, 2.45) is 5.92 Å². The minimum absolute atomic E-state index is 0.00480. The molecule has 1 saturated heterocycles. The van der Waals surface area contributed by atoms with Gasteiger partial charge in [-0.1, -0.05) is 19.1 Å². The van der Waals surface area contributed by atoms with Crippen molar-refractivity contribution in [3.63, 3.8) is 0 Å². The highest BCUT2D eigenvalue weighted by Gasteiger charge is 2.22. The van der Waals surface area contributed by atoms with Crippen LogP contribution in [0, 0.1) is 5.92 Å². The average molecular weight is 280 g/mol. The molecule has 110 valence electrons. The highest BCUT2D eigenvalue weighted by atomic mass is 16.6. The highest BCUT2D eigenvalue weighted by Crippen LogP contribution is 2.34. The van der Waals surface area contributed by atoms with Crippen molar-refractivity contribution in [1.29, 1.82) is 0 Å². The fourth-order valence-corrected chi connectivity index (χ4v) is 2.21. The Hall–Kier alpha value is -1.75. The quantitative estimate of drug-likeness (QED) is 0.864. The number of aliphatic carboxylic acids is 1. The zero-order valence-electron chi connectivity index (χ0n) is 11.8. The van der Waals surface area contributed by atoms with Gasteiger partial charge in [0.2, 0.25) is 0 Å². The van der Waals surface area contributed by atoms with Gasteiger partial charge in [0.1, 0.15) is 6.10 Å². The second kappa shape index (κ2) is 6.61. The fourth-order valence-electron chi connectivity index (χ4n) is 2.21. The maximum absolute atomic E-state index is 11.0. The molecule has 1 fully saturated rings. The zero-order chi connectivity index (χ0) is 14.5. The summed E-state index contributed by atoms with van der Waals surface area (Å²) in [5.74, 6) is -0.0159. The van der Waals surface area contributed by atoms with E-state index in [4.69, 9.17) is 19.3 Å². The summed E-state index contributed by atoms with van der Waals surface area (Å²) < 4.78 is 16.6. The van der Waals surface area contributed by atoms with Crippen LogP contribution in [0.3, 0.4) is 0 Å². The van der Waals surface area contributed by atoms with Gasteiger partial charge in [0.15, 0.2) is 11.5 Å². The topological polar surface area (TPSA) is 65.0 Å². The highest BCUT2D eigenvalue weighted by molar-refractivity contribution is 5.70.